The largest absolute Gasteiger partial charge is 0.487 e. The quantitative estimate of drug-likeness (QED) is 0.896. The van der Waals surface area contributed by atoms with E-state index in [9.17, 15) is 0 Å². The van der Waals surface area contributed by atoms with Crippen LogP contribution in [-0.4, -0.2) is 24.4 Å². The first-order chi connectivity index (χ1) is 9.54. The smallest absolute Gasteiger partial charge is 0.124 e. The van der Waals surface area contributed by atoms with Crippen LogP contribution in [0.3, 0.4) is 0 Å². The molecule has 3 rings (SSSR count). The van der Waals surface area contributed by atoms with E-state index in [0.29, 0.717) is 6.04 Å². The van der Waals surface area contributed by atoms with Crippen LogP contribution in [0.5, 0.6) is 5.75 Å². The molecule has 0 saturated carbocycles. The maximum Gasteiger partial charge on any atom is 0.124 e. The fourth-order valence-electron chi connectivity index (χ4n) is 3.74. The number of benzene rings is 1. The first kappa shape index (κ1) is 13.9. The average Bonchev–Trinajstić information content (AvgIpc) is 2.37. The lowest BCUT2D eigenvalue weighted by molar-refractivity contribution is -0.142. The van der Waals surface area contributed by atoms with Crippen molar-refractivity contribution in [3.63, 3.8) is 0 Å². The number of nitrogens with one attached hydrogen (secondary N) is 1. The van der Waals surface area contributed by atoms with Gasteiger partial charge >= 0.3 is 0 Å². The molecule has 3 nitrogen and oxygen atoms in total. The average molecular weight is 275 g/mol. The third-order valence-electron chi connectivity index (χ3n) is 4.45. The molecule has 2 aliphatic rings. The minimum atomic E-state index is -0.0959. The van der Waals surface area contributed by atoms with Gasteiger partial charge < -0.3 is 14.8 Å². The Morgan fingerprint density at radius 2 is 2.10 bits per heavy atom. The van der Waals surface area contributed by atoms with Gasteiger partial charge in [0.15, 0.2) is 0 Å². The lowest BCUT2D eigenvalue weighted by atomic mass is 9.77. The third-order valence-corrected chi connectivity index (χ3v) is 4.45. The molecular weight excluding hydrogens is 250 g/mol. The van der Waals surface area contributed by atoms with Gasteiger partial charge in [-0.3, -0.25) is 0 Å². The van der Waals surface area contributed by atoms with E-state index in [1.165, 1.54) is 5.56 Å². The van der Waals surface area contributed by atoms with E-state index in [-0.39, 0.29) is 11.2 Å². The summed E-state index contributed by atoms with van der Waals surface area (Å²) in [7, 11) is 0. The lowest BCUT2D eigenvalue weighted by Gasteiger charge is -2.49. The highest BCUT2D eigenvalue weighted by atomic mass is 16.5. The molecule has 0 bridgehead atoms. The Bertz CT molecular complexity index is 486. The molecule has 0 radical (unpaired) electrons. The highest BCUT2D eigenvalue weighted by molar-refractivity contribution is 5.39. The fourth-order valence-corrected chi connectivity index (χ4v) is 3.74. The van der Waals surface area contributed by atoms with Crippen molar-refractivity contribution in [1.29, 1.82) is 0 Å². The van der Waals surface area contributed by atoms with Crippen molar-refractivity contribution < 1.29 is 9.47 Å². The van der Waals surface area contributed by atoms with Crippen LogP contribution in [0, 0.1) is 0 Å². The number of ether oxygens (including phenoxy) is 2. The van der Waals surface area contributed by atoms with Gasteiger partial charge in [0.25, 0.3) is 0 Å². The van der Waals surface area contributed by atoms with Gasteiger partial charge in [-0.15, -0.1) is 0 Å². The number of rotatable bonds is 2. The lowest BCUT2D eigenvalue weighted by Crippen LogP contribution is -2.53. The molecule has 2 aliphatic heterocycles. The van der Waals surface area contributed by atoms with E-state index >= 15 is 0 Å². The monoisotopic (exact) mass is 275 g/mol. The second-order valence-corrected chi connectivity index (χ2v) is 6.67. The van der Waals surface area contributed by atoms with E-state index in [2.05, 4.69) is 50.4 Å². The maximum atomic E-state index is 6.45. The molecule has 1 spiro atoms. The van der Waals surface area contributed by atoms with Crippen molar-refractivity contribution >= 4 is 0 Å². The second-order valence-electron chi connectivity index (χ2n) is 6.67. The van der Waals surface area contributed by atoms with Crippen LogP contribution >= 0.6 is 0 Å². The molecule has 1 aromatic carbocycles. The summed E-state index contributed by atoms with van der Waals surface area (Å²) in [6.07, 6.45) is 2.97. The molecule has 0 amide bonds. The Balaban J connectivity index is 1.93. The first-order valence-electron chi connectivity index (χ1n) is 7.69. The Morgan fingerprint density at radius 3 is 2.85 bits per heavy atom. The van der Waals surface area contributed by atoms with E-state index < -0.39 is 0 Å². The van der Waals surface area contributed by atoms with E-state index in [1.54, 1.807) is 0 Å². The summed E-state index contributed by atoms with van der Waals surface area (Å²) in [4.78, 5) is 0. The summed E-state index contributed by atoms with van der Waals surface area (Å²) in [5.74, 6) is 1.04. The summed E-state index contributed by atoms with van der Waals surface area (Å²) in [5.41, 5.74) is 1.12. The normalized spacial score (nSPS) is 31.6. The third kappa shape index (κ3) is 2.57. The topological polar surface area (TPSA) is 30.5 Å². The van der Waals surface area contributed by atoms with Gasteiger partial charge in [-0.25, -0.2) is 0 Å². The Morgan fingerprint density at radius 1 is 1.30 bits per heavy atom. The molecular formula is C17H25NO2. The Labute approximate surface area is 121 Å². The summed E-state index contributed by atoms with van der Waals surface area (Å²) in [5, 5.41) is 3.62. The number of hydrogen-bond acceptors (Lipinski definition) is 3. The molecule has 2 atom stereocenters. The summed E-state index contributed by atoms with van der Waals surface area (Å²) < 4.78 is 12.3. The van der Waals surface area contributed by atoms with Crippen molar-refractivity contribution in [2.45, 2.75) is 57.3 Å². The van der Waals surface area contributed by atoms with Crippen LogP contribution in [0.4, 0.5) is 0 Å². The molecule has 0 aromatic heterocycles. The molecule has 2 unspecified atom stereocenters. The second kappa shape index (κ2) is 5.05. The zero-order chi connectivity index (χ0) is 14.2. The number of para-hydroxylation sites is 1. The predicted molar refractivity (Wildman–Crippen MR) is 80.1 cm³/mol. The Kier molecular flexibility index (Phi) is 3.51. The SMILES string of the molecule is CCNC1CC2(CCOC(C)(C)C2)Oc2ccccc21. The van der Waals surface area contributed by atoms with Crippen molar-refractivity contribution in [3.05, 3.63) is 29.8 Å². The van der Waals surface area contributed by atoms with Gasteiger partial charge in [-0.1, -0.05) is 25.1 Å². The van der Waals surface area contributed by atoms with Crippen LogP contribution in [0.25, 0.3) is 0 Å². The molecule has 1 saturated heterocycles. The zero-order valence-corrected chi connectivity index (χ0v) is 12.7. The molecule has 2 heterocycles. The van der Waals surface area contributed by atoms with Crippen LogP contribution in [0.1, 0.15) is 51.6 Å². The molecule has 110 valence electrons. The van der Waals surface area contributed by atoms with E-state index in [0.717, 1.165) is 38.2 Å². The summed E-state index contributed by atoms with van der Waals surface area (Å²) in [6, 6.07) is 8.83. The van der Waals surface area contributed by atoms with Gasteiger partial charge in [0.05, 0.1) is 12.2 Å². The Hall–Kier alpha value is -1.06. The van der Waals surface area contributed by atoms with E-state index in [1.807, 2.05) is 0 Å². The summed E-state index contributed by atoms with van der Waals surface area (Å²) >= 11 is 0. The van der Waals surface area contributed by atoms with Gasteiger partial charge in [0.2, 0.25) is 0 Å². The standard InChI is InChI=1S/C17H25NO2/c1-4-18-14-11-17(9-10-19-16(2,3)12-17)20-15-8-6-5-7-13(14)15/h5-8,14,18H,4,9-12H2,1-3H3. The molecule has 1 N–H and O–H groups in total. The first-order valence-corrected chi connectivity index (χ1v) is 7.69. The van der Waals surface area contributed by atoms with Crippen molar-refractivity contribution in [2.24, 2.45) is 0 Å². The van der Waals surface area contributed by atoms with Crippen LogP contribution in [0.15, 0.2) is 24.3 Å². The minimum Gasteiger partial charge on any atom is -0.487 e. The van der Waals surface area contributed by atoms with Crippen LogP contribution in [-0.2, 0) is 4.74 Å². The molecule has 0 aliphatic carbocycles. The zero-order valence-electron chi connectivity index (χ0n) is 12.7. The van der Waals surface area contributed by atoms with E-state index in [4.69, 9.17) is 9.47 Å². The number of hydrogen-bond donors (Lipinski definition) is 1. The molecule has 20 heavy (non-hydrogen) atoms. The fraction of sp³-hybridized carbons (Fsp3) is 0.647. The van der Waals surface area contributed by atoms with Gasteiger partial charge in [0, 0.05) is 30.9 Å². The maximum absolute atomic E-state index is 6.45. The van der Waals surface area contributed by atoms with Crippen LogP contribution < -0.4 is 10.1 Å². The molecule has 1 aromatic rings. The van der Waals surface area contributed by atoms with Gasteiger partial charge in [0.1, 0.15) is 11.4 Å². The predicted octanol–water partition coefficient (Wildman–Crippen LogP) is 3.45. The van der Waals surface area contributed by atoms with Crippen molar-refractivity contribution in [1.82, 2.24) is 5.32 Å². The van der Waals surface area contributed by atoms with Crippen molar-refractivity contribution in [3.8, 4) is 5.75 Å². The van der Waals surface area contributed by atoms with Crippen molar-refractivity contribution in [2.75, 3.05) is 13.2 Å². The molecule has 1 fully saturated rings. The highest BCUT2D eigenvalue weighted by Crippen LogP contribution is 2.46. The highest BCUT2D eigenvalue weighted by Gasteiger charge is 2.47. The summed E-state index contributed by atoms with van der Waals surface area (Å²) in [6.45, 7) is 8.27. The van der Waals surface area contributed by atoms with Crippen LogP contribution in [0.2, 0.25) is 0 Å². The van der Waals surface area contributed by atoms with Gasteiger partial charge in [-0.2, -0.15) is 0 Å². The minimum absolute atomic E-state index is 0.0804. The number of fused-ring (bicyclic) bond motifs is 1. The molecule has 3 heteroatoms. The van der Waals surface area contributed by atoms with Gasteiger partial charge in [-0.05, 0) is 26.5 Å².